The topological polar surface area (TPSA) is 102 Å². The number of aliphatic hydroxyl groups excluding tert-OH is 1. The van der Waals surface area contributed by atoms with Crippen molar-refractivity contribution in [2.45, 2.75) is 19.5 Å². The zero-order valence-corrected chi connectivity index (χ0v) is 16.7. The van der Waals surface area contributed by atoms with Crippen molar-refractivity contribution >= 4 is 17.4 Å². The number of hydrogen-bond donors (Lipinski definition) is 1. The Morgan fingerprint density at radius 3 is 2.61 bits per heavy atom. The van der Waals surface area contributed by atoms with E-state index in [1.165, 1.54) is 11.2 Å². The summed E-state index contributed by atoms with van der Waals surface area (Å²) in [6.07, 6.45) is 1.49. The van der Waals surface area contributed by atoms with Gasteiger partial charge in [-0.15, -0.1) is 0 Å². The maximum atomic E-state index is 13.0. The number of aliphatic hydroxyl groups is 1. The molecule has 1 aromatic carbocycles. The van der Waals surface area contributed by atoms with Gasteiger partial charge in [-0.05, 0) is 49.4 Å². The number of nitrogens with zero attached hydrogens (tertiary/aromatic N) is 1. The zero-order valence-electron chi connectivity index (χ0n) is 16.7. The van der Waals surface area contributed by atoms with Crippen LogP contribution in [0.4, 0.5) is 0 Å². The monoisotopic (exact) mass is 421 g/mol. The molecule has 1 amide bonds. The van der Waals surface area contributed by atoms with Gasteiger partial charge in [-0.25, -0.2) is 0 Å². The Bertz CT molecular complexity index is 1190. The van der Waals surface area contributed by atoms with Gasteiger partial charge >= 0.3 is 0 Å². The summed E-state index contributed by atoms with van der Waals surface area (Å²) in [5.74, 6) is 0.684. The molecule has 5 rings (SSSR count). The van der Waals surface area contributed by atoms with E-state index in [1.807, 2.05) is 0 Å². The van der Waals surface area contributed by atoms with Crippen molar-refractivity contribution in [2.24, 2.45) is 0 Å². The minimum atomic E-state index is -0.896. The Hall–Kier alpha value is -3.94. The van der Waals surface area contributed by atoms with Crippen LogP contribution in [0.5, 0.6) is 11.5 Å². The number of fused-ring (bicyclic) bond motifs is 1. The van der Waals surface area contributed by atoms with Crippen molar-refractivity contribution < 1.29 is 33.0 Å². The highest BCUT2D eigenvalue weighted by atomic mass is 16.6. The van der Waals surface area contributed by atoms with E-state index in [2.05, 4.69) is 0 Å². The Morgan fingerprint density at radius 1 is 1.10 bits per heavy atom. The quantitative estimate of drug-likeness (QED) is 0.390. The number of carbonyl (C=O) groups excluding carboxylic acids is 2. The molecule has 2 aromatic heterocycles. The lowest BCUT2D eigenvalue weighted by Crippen LogP contribution is -2.28. The van der Waals surface area contributed by atoms with Gasteiger partial charge in [0.2, 0.25) is 0 Å². The van der Waals surface area contributed by atoms with Crippen LogP contribution < -0.4 is 9.47 Å². The number of aryl methyl sites for hydroxylation is 1. The van der Waals surface area contributed by atoms with E-state index in [1.54, 1.807) is 49.4 Å². The Balaban J connectivity index is 1.62. The van der Waals surface area contributed by atoms with E-state index in [0.717, 1.165) is 0 Å². The highest BCUT2D eigenvalue weighted by Crippen LogP contribution is 2.42. The summed E-state index contributed by atoms with van der Waals surface area (Å²) < 4.78 is 22.2. The summed E-state index contributed by atoms with van der Waals surface area (Å²) in [6, 6.07) is 10.8. The largest absolute Gasteiger partial charge is 0.507 e. The van der Waals surface area contributed by atoms with Crippen LogP contribution in [0.1, 0.15) is 28.9 Å². The molecule has 4 heterocycles. The van der Waals surface area contributed by atoms with Crippen LogP contribution in [0.15, 0.2) is 63.1 Å². The standard InChI is InChI=1S/C23H19NO7/c1-13-4-6-17(31-13)20-19(22(26)23(27)24(20)12-15-3-2-8-28-15)21(25)14-5-7-16-18(11-14)30-10-9-29-16/h2-8,11,20,25H,9-10,12H2,1H3/b21-19+. The molecule has 0 spiro atoms. The van der Waals surface area contributed by atoms with Gasteiger partial charge in [0.05, 0.1) is 18.4 Å². The summed E-state index contributed by atoms with van der Waals surface area (Å²) in [5, 5.41) is 11.1. The van der Waals surface area contributed by atoms with E-state index in [-0.39, 0.29) is 17.9 Å². The molecule has 0 aliphatic carbocycles. The summed E-state index contributed by atoms with van der Waals surface area (Å²) in [5.41, 5.74) is 0.288. The van der Waals surface area contributed by atoms with Gasteiger partial charge in [0.1, 0.15) is 42.3 Å². The molecular weight excluding hydrogens is 402 g/mol. The van der Waals surface area contributed by atoms with Crippen LogP contribution in [0, 0.1) is 6.92 Å². The predicted molar refractivity (Wildman–Crippen MR) is 107 cm³/mol. The average molecular weight is 421 g/mol. The molecule has 1 N–H and O–H groups in total. The molecule has 31 heavy (non-hydrogen) atoms. The number of rotatable bonds is 4. The maximum absolute atomic E-state index is 13.0. The summed E-state index contributed by atoms with van der Waals surface area (Å²) in [6.45, 7) is 2.65. The second-order valence-electron chi connectivity index (χ2n) is 7.31. The molecule has 2 aliphatic heterocycles. The first kappa shape index (κ1) is 19.0. The first-order chi connectivity index (χ1) is 15.0. The van der Waals surface area contributed by atoms with Crippen LogP contribution in [0.2, 0.25) is 0 Å². The molecule has 0 radical (unpaired) electrons. The van der Waals surface area contributed by atoms with Gasteiger partial charge in [-0.1, -0.05) is 0 Å². The fourth-order valence-corrected chi connectivity index (χ4v) is 3.86. The van der Waals surface area contributed by atoms with E-state index in [4.69, 9.17) is 18.3 Å². The summed E-state index contributed by atoms with van der Waals surface area (Å²) >= 11 is 0. The van der Waals surface area contributed by atoms with Gasteiger partial charge in [0.25, 0.3) is 11.7 Å². The van der Waals surface area contributed by atoms with Crippen LogP contribution >= 0.6 is 0 Å². The van der Waals surface area contributed by atoms with Crippen molar-refractivity contribution in [1.29, 1.82) is 0 Å². The lowest BCUT2D eigenvalue weighted by molar-refractivity contribution is -0.140. The average Bonchev–Trinajstić information content (AvgIpc) is 3.50. The Labute approximate surface area is 177 Å². The first-order valence-electron chi connectivity index (χ1n) is 9.80. The fourth-order valence-electron chi connectivity index (χ4n) is 3.86. The number of Topliss-reactive ketones (excluding diaryl/α,β-unsaturated/α-hetero) is 1. The van der Waals surface area contributed by atoms with Crippen molar-refractivity contribution in [2.75, 3.05) is 13.2 Å². The number of carbonyl (C=O) groups is 2. The van der Waals surface area contributed by atoms with Crippen molar-refractivity contribution in [3.05, 3.63) is 77.1 Å². The second kappa shape index (κ2) is 7.39. The van der Waals surface area contributed by atoms with E-state index in [9.17, 15) is 14.7 Å². The zero-order chi connectivity index (χ0) is 21.5. The molecule has 2 aliphatic rings. The van der Waals surface area contributed by atoms with Crippen LogP contribution in [0.25, 0.3) is 5.76 Å². The lowest BCUT2D eigenvalue weighted by Gasteiger charge is -2.22. The number of furan rings is 2. The van der Waals surface area contributed by atoms with E-state index < -0.39 is 17.7 Å². The number of ether oxygens (including phenoxy) is 2. The van der Waals surface area contributed by atoms with Crippen LogP contribution in [-0.4, -0.2) is 34.9 Å². The Kier molecular flexibility index (Phi) is 4.54. The number of hydrogen-bond acceptors (Lipinski definition) is 7. The second-order valence-corrected chi connectivity index (χ2v) is 7.31. The summed E-state index contributed by atoms with van der Waals surface area (Å²) in [7, 11) is 0. The molecule has 8 nitrogen and oxygen atoms in total. The van der Waals surface area contributed by atoms with Gasteiger partial charge in [0, 0.05) is 5.56 Å². The SMILES string of the molecule is Cc1ccc(C2/C(=C(\O)c3ccc4c(c3)OCCO4)C(=O)C(=O)N2Cc2ccco2)o1. The predicted octanol–water partition coefficient (Wildman–Crippen LogP) is 3.57. The maximum Gasteiger partial charge on any atom is 0.296 e. The molecule has 1 atom stereocenters. The normalized spacial score (nSPS) is 19.8. The first-order valence-corrected chi connectivity index (χ1v) is 9.80. The van der Waals surface area contributed by atoms with Gasteiger partial charge in [-0.3, -0.25) is 9.59 Å². The van der Waals surface area contributed by atoms with Crippen LogP contribution in [-0.2, 0) is 16.1 Å². The third kappa shape index (κ3) is 3.26. The van der Waals surface area contributed by atoms with Crippen molar-refractivity contribution in [3.63, 3.8) is 0 Å². The van der Waals surface area contributed by atoms with Gasteiger partial charge in [0.15, 0.2) is 11.5 Å². The molecular formula is C23H19NO7. The highest BCUT2D eigenvalue weighted by Gasteiger charge is 2.48. The third-order valence-electron chi connectivity index (χ3n) is 5.29. The van der Waals surface area contributed by atoms with E-state index in [0.29, 0.717) is 47.6 Å². The molecule has 0 saturated carbocycles. The van der Waals surface area contributed by atoms with Gasteiger partial charge < -0.3 is 28.3 Å². The minimum absolute atomic E-state index is 0.0532. The molecule has 0 bridgehead atoms. The molecule has 1 fully saturated rings. The summed E-state index contributed by atoms with van der Waals surface area (Å²) in [4.78, 5) is 27.2. The van der Waals surface area contributed by atoms with Crippen LogP contribution in [0.3, 0.4) is 0 Å². The Morgan fingerprint density at radius 2 is 1.90 bits per heavy atom. The third-order valence-corrected chi connectivity index (χ3v) is 5.29. The number of amides is 1. The van der Waals surface area contributed by atoms with Crippen molar-refractivity contribution in [1.82, 2.24) is 4.90 Å². The van der Waals surface area contributed by atoms with Crippen molar-refractivity contribution in [3.8, 4) is 11.5 Å². The molecule has 158 valence electrons. The number of benzene rings is 1. The minimum Gasteiger partial charge on any atom is -0.507 e. The fraction of sp³-hybridized carbons (Fsp3) is 0.217. The molecule has 1 saturated heterocycles. The number of likely N-dealkylation sites (tertiary alicyclic amines) is 1. The highest BCUT2D eigenvalue weighted by molar-refractivity contribution is 6.46. The lowest BCUT2D eigenvalue weighted by atomic mass is 9.99. The molecule has 8 heteroatoms. The van der Waals surface area contributed by atoms with Gasteiger partial charge in [-0.2, -0.15) is 0 Å². The molecule has 3 aromatic rings. The van der Waals surface area contributed by atoms with E-state index >= 15 is 0 Å². The number of ketones is 1. The molecule has 1 unspecified atom stereocenters. The smallest absolute Gasteiger partial charge is 0.296 e.